The van der Waals surface area contributed by atoms with Crippen molar-refractivity contribution < 1.29 is 14.3 Å². The maximum Gasteiger partial charge on any atom is 0.344 e. The summed E-state index contributed by atoms with van der Waals surface area (Å²) in [7, 11) is 0. The van der Waals surface area contributed by atoms with Crippen LogP contribution in [0, 0.1) is 6.92 Å². The summed E-state index contributed by atoms with van der Waals surface area (Å²) in [5.41, 5.74) is 3.52. The SMILES string of the molecule is Cc1ccc2nc(COC(=O)COc3ccc(Nc4ccccc4)cc3)cc(=O)n2c1. The molecule has 2 aromatic carbocycles. The Bertz CT molecular complexity index is 1250. The topological polar surface area (TPSA) is 81.9 Å². The normalized spacial score (nSPS) is 10.6. The Labute approximate surface area is 178 Å². The van der Waals surface area contributed by atoms with E-state index in [1.165, 1.54) is 10.5 Å². The number of pyridine rings is 1. The van der Waals surface area contributed by atoms with Crippen LogP contribution in [0.2, 0.25) is 0 Å². The first kappa shape index (κ1) is 20.2. The lowest BCUT2D eigenvalue weighted by molar-refractivity contribution is -0.147. The number of carbonyl (C=O) groups excluding carboxylic acids is 1. The van der Waals surface area contributed by atoms with E-state index in [0.29, 0.717) is 17.1 Å². The average molecular weight is 415 g/mol. The van der Waals surface area contributed by atoms with Gasteiger partial charge in [-0.15, -0.1) is 0 Å². The van der Waals surface area contributed by atoms with Gasteiger partial charge >= 0.3 is 5.97 Å². The monoisotopic (exact) mass is 415 g/mol. The number of hydrogen-bond donors (Lipinski definition) is 1. The molecule has 0 fully saturated rings. The lowest BCUT2D eigenvalue weighted by atomic mass is 10.2. The number of anilines is 2. The molecule has 0 atom stereocenters. The summed E-state index contributed by atoms with van der Waals surface area (Å²) in [5.74, 6) is 0.00500. The van der Waals surface area contributed by atoms with E-state index < -0.39 is 5.97 Å². The van der Waals surface area contributed by atoms with Gasteiger partial charge in [0, 0.05) is 23.6 Å². The van der Waals surface area contributed by atoms with Gasteiger partial charge in [0.05, 0.1) is 5.69 Å². The van der Waals surface area contributed by atoms with Crippen LogP contribution in [0.15, 0.2) is 83.8 Å². The van der Waals surface area contributed by atoms with Gasteiger partial charge in [0.2, 0.25) is 0 Å². The zero-order valence-corrected chi connectivity index (χ0v) is 16.9. The van der Waals surface area contributed by atoms with Crippen molar-refractivity contribution in [2.45, 2.75) is 13.5 Å². The van der Waals surface area contributed by atoms with E-state index in [4.69, 9.17) is 9.47 Å². The number of benzene rings is 2. The number of aryl methyl sites for hydroxylation is 1. The fourth-order valence-corrected chi connectivity index (χ4v) is 2.99. The van der Waals surface area contributed by atoms with Crippen LogP contribution in [0.3, 0.4) is 0 Å². The molecule has 0 amide bonds. The molecule has 2 aromatic heterocycles. The van der Waals surface area contributed by atoms with Crippen LogP contribution in [0.25, 0.3) is 5.65 Å². The van der Waals surface area contributed by atoms with Gasteiger partial charge in [0.25, 0.3) is 5.56 Å². The predicted octanol–water partition coefficient (Wildman–Crippen LogP) is 3.87. The van der Waals surface area contributed by atoms with E-state index in [0.717, 1.165) is 16.9 Å². The first-order valence-corrected chi connectivity index (χ1v) is 9.76. The Morgan fingerprint density at radius 1 is 1.00 bits per heavy atom. The molecule has 0 saturated heterocycles. The molecule has 4 rings (SSSR count). The van der Waals surface area contributed by atoms with E-state index in [9.17, 15) is 9.59 Å². The highest BCUT2D eigenvalue weighted by Gasteiger charge is 2.08. The number of para-hydroxylation sites is 1. The summed E-state index contributed by atoms with van der Waals surface area (Å²) < 4.78 is 12.1. The number of nitrogens with zero attached hydrogens (tertiary/aromatic N) is 2. The standard InChI is InChI=1S/C24H21N3O4/c1-17-7-12-22-26-20(13-23(28)27(22)14-17)15-31-24(29)16-30-21-10-8-19(9-11-21)25-18-5-3-2-4-6-18/h2-14,25H,15-16H2,1H3. The fraction of sp³-hybridized carbons (Fsp3) is 0.125. The maximum absolute atomic E-state index is 12.2. The van der Waals surface area contributed by atoms with Crippen molar-refractivity contribution in [3.63, 3.8) is 0 Å². The van der Waals surface area contributed by atoms with Crippen LogP contribution in [0.1, 0.15) is 11.3 Å². The first-order valence-electron chi connectivity index (χ1n) is 9.76. The van der Waals surface area contributed by atoms with E-state index in [-0.39, 0.29) is 18.8 Å². The number of ether oxygens (including phenoxy) is 2. The summed E-state index contributed by atoms with van der Waals surface area (Å²) in [6.07, 6.45) is 1.72. The summed E-state index contributed by atoms with van der Waals surface area (Å²) in [6.45, 7) is 1.56. The summed E-state index contributed by atoms with van der Waals surface area (Å²) in [6, 6.07) is 22.1. The molecule has 156 valence electrons. The third kappa shape index (κ3) is 5.27. The van der Waals surface area contributed by atoms with Gasteiger partial charge in [-0.05, 0) is 55.0 Å². The van der Waals surface area contributed by atoms with Crippen LogP contribution in [0.5, 0.6) is 5.75 Å². The molecule has 0 bridgehead atoms. The molecule has 0 radical (unpaired) electrons. The molecule has 0 unspecified atom stereocenters. The van der Waals surface area contributed by atoms with Crippen molar-refractivity contribution in [2.75, 3.05) is 11.9 Å². The van der Waals surface area contributed by atoms with Crippen molar-refractivity contribution >= 4 is 23.0 Å². The molecule has 31 heavy (non-hydrogen) atoms. The quantitative estimate of drug-likeness (QED) is 0.462. The molecular formula is C24H21N3O4. The zero-order valence-electron chi connectivity index (χ0n) is 16.9. The molecule has 0 aliphatic rings. The van der Waals surface area contributed by atoms with Crippen LogP contribution in [-0.4, -0.2) is 22.0 Å². The molecule has 0 aliphatic carbocycles. The Kier molecular flexibility index (Phi) is 5.93. The van der Waals surface area contributed by atoms with Crippen molar-refractivity contribution in [3.05, 3.63) is 101 Å². The number of hydrogen-bond acceptors (Lipinski definition) is 6. The van der Waals surface area contributed by atoms with Crippen LogP contribution >= 0.6 is 0 Å². The highest BCUT2D eigenvalue weighted by Crippen LogP contribution is 2.19. The fourth-order valence-electron chi connectivity index (χ4n) is 2.99. The molecule has 0 saturated carbocycles. The highest BCUT2D eigenvalue weighted by atomic mass is 16.6. The largest absolute Gasteiger partial charge is 0.482 e. The maximum atomic E-state index is 12.2. The second kappa shape index (κ2) is 9.13. The van der Waals surface area contributed by atoms with Gasteiger partial charge in [-0.2, -0.15) is 0 Å². The summed E-state index contributed by atoms with van der Waals surface area (Å²) in [5, 5.41) is 3.27. The lowest BCUT2D eigenvalue weighted by Crippen LogP contribution is -2.18. The molecule has 0 aliphatic heterocycles. The highest BCUT2D eigenvalue weighted by molar-refractivity contribution is 5.71. The number of nitrogens with one attached hydrogen (secondary N) is 1. The Morgan fingerprint density at radius 2 is 1.74 bits per heavy atom. The van der Waals surface area contributed by atoms with Crippen LogP contribution in [-0.2, 0) is 16.1 Å². The summed E-state index contributed by atoms with van der Waals surface area (Å²) in [4.78, 5) is 28.6. The van der Waals surface area contributed by atoms with Crippen LogP contribution < -0.4 is 15.6 Å². The van der Waals surface area contributed by atoms with Gasteiger partial charge in [0.1, 0.15) is 18.0 Å². The summed E-state index contributed by atoms with van der Waals surface area (Å²) >= 11 is 0. The number of carbonyl (C=O) groups is 1. The smallest absolute Gasteiger partial charge is 0.344 e. The molecule has 1 N–H and O–H groups in total. The number of esters is 1. The Morgan fingerprint density at radius 3 is 2.52 bits per heavy atom. The van der Waals surface area contributed by atoms with Crippen molar-refractivity contribution in [1.29, 1.82) is 0 Å². The molecule has 7 heteroatoms. The average Bonchev–Trinajstić information content (AvgIpc) is 2.78. The molecule has 0 spiro atoms. The molecule has 7 nitrogen and oxygen atoms in total. The minimum atomic E-state index is -0.544. The number of rotatable bonds is 7. The van der Waals surface area contributed by atoms with E-state index in [1.807, 2.05) is 55.5 Å². The minimum absolute atomic E-state index is 0.0955. The molecular weight excluding hydrogens is 394 g/mol. The molecule has 2 heterocycles. The molecule has 4 aromatic rings. The second-order valence-electron chi connectivity index (χ2n) is 6.99. The Balaban J connectivity index is 1.29. The third-order valence-electron chi connectivity index (χ3n) is 4.52. The number of fused-ring (bicyclic) bond motifs is 1. The zero-order chi connectivity index (χ0) is 21.6. The van der Waals surface area contributed by atoms with E-state index in [2.05, 4.69) is 10.3 Å². The van der Waals surface area contributed by atoms with Gasteiger partial charge in [-0.25, -0.2) is 9.78 Å². The second-order valence-corrected chi connectivity index (χ2v) is 6.99. The third-order valence-corrected chi connectivity index (χ3v) is 4.52. The van der Waals surface area contributed by atoms with E-state index >= 15 is 0 Å². The minimum Gasteiger partial charge on any atom is -0.482 e. The van der Waals surface area contributed by atoms with E-state index in [1.54, 1.807) is 24.4 Å². The van der Waals surface area contributed by atoms with Crippen molar-refractivity contribution in [3.8, 4) is 5.75 Å². The number of aromatic nitrogens is 2. The van der Waals surface area contributed by atoms with Gasteiger partial charge < -0.3 is 14.8 Å². The van der Waals surface area contributed by atoms with Crippen LogP contribution in [0.4, 0.5) is 11.4 Å². The van der Waals surface area contributed by atoms with Crippen molar-refractivity contribution in [1.82, 2.24) is 9.38 Å². The van der Waals surface area contributed by atoms with Gasteiger partial charge in [0.15, 0.2) is 6.61 Å². The van der Waals surface area contributed by atoms with Crippen molar-refractivity contribution in [2.24, 2.45) is 0 Å². The van der Waals surface area contributed by atoms with Gasteiger partial charge in [-0.1, -0.05) is 24.3 Å². The Hall–Kier alpha value is -4.13. The lowest BCUT2D eigenvalue weighted by Gasteiger charge is -2.09. The predicted molar refractivity (Wildman–Crippen MR) is 118 cm³/mol. The van der Waals surface area contributed by atoms with Gasteiger partial charge in [-0.3, -0.25) is 9.20 Å². The first-order chi connectivity index (χ1) is 15.1.